The van der Waals surface area contributed by atoms with Crippen LogP contribution in [0.2, 0.25) is 10.0 Å². The Balaban J connectivity index is 1.42. The standard InChI is InChI=1S/C22H15Cl2F3N4O3/c23-15-7-13(8-16(24)9-15)19(32)30-21-28-10-14-11-31(6-5-18(14)29-21)20(33)12-1-3-17(4-2-12)34-22(25,26)27/h1-4,7-10H,5-6,11H2,(H,28,29,30,32). The lowest BCUT2D eigenvalue weighted by Gasteiger charge is -2.28. The molecule has 1 aromatic heterocycles. The summed E-state index contributed by atoms with van der Waals surface area (Å²) in [5, 5.41) is 3.23. The zero-order valence-electron chi connectivity index (χ0n) is 17.2. The summed E-state index contributed by atoms with van der Waals surface area (Å²) < 4.78 is 40.7. The number of rotatable bonds is 4. The first-order valence-electron chi connectivity index (χ1n) is 9.85. The van der Waals surface area contributed by atoms with E-state index in [4.69, 9.17) is 23.2 Å². The first kappa shape index (κ1) is 23.8. The van der Waals surface area contributed by atoms with Crippen molar-refractivity contribution in [2.45, 2.75) is 19.3 Å². The highest BCUT2D eigenvalue weighted by molar-refractivity contribution is 6.35. The number of nitrogens with one attached hydrogen (secondary N) is 1. The van der Waals surface area contributed by atoms with Gasteiger partial charge in [0.1, 0.15) is 5.75 Å². The Kier molecular flexibility index (Phi) is 6.63. The van der Waals surface area contributed by atoms with Gasteiger partial charge in [0, 0.05) is 52.4 Å². The average Bonchev–Trinajstić information content (AvgIpc) is 2.77. The summed E-state index contributed by atoms with van der Waals surface area (Å²) in [7, 11) is 0. The minimum absolute atomic E-state index is 0.0971. The molecule has 0 saturated heterocycles. The topological polar surface area (TPSA) is 84.4 Å². The predicted molar refractivity (Wildman–Crippen MR) is 118 cm³/mol. The molecule has 4 rings (SSSR count). The first-order chi connectivity index (χ1) is 16.1. The Morgan fingerprint density at radius 1 is 1.03 bits per heavy atom. The van der Waals surface area contributed by atoms with Gasteiger partial charge in [0.15, 0.2) is 0 Å². The monoisotopic (exact) mass is 510 g/mol. The van der Waals surface area contributed by atoms with Crippen molar-refractivity contribution < 1.29 is 27.5 Å². The van der Waals surface area contributed by atoms with E-state index >= 15 is 0 Å². The molecule has 1 aliphatic heterocycles. The molecular formula is C22H15Cl2F3N4O3. The van der Waals surface area contributed by atoms with Crippen molar-refractivity contribution in [1.29, 1.82) is 0 Å². The molecule has 2 heterocycles. The van der Waals surface area contributed by atoms with Crippen molar-refractivity contribution in [3.8, 4) is 5.75 Å². The van der Waals surface area contributed by atoms with Crippen LogP contribution in [0.1, 0.15) is 32.0 Å². The van der Waals surface area contributed by atoms with Crippen LogP contribution in [0.5, 0.6) is 5.75 Å². The number of amides is 2. The number of nitrogens with zero attached hydrogens (tertiary/aromatic N) is 3. The fraction of sp³-hybridized carbons (Fsp3) is 0.182. The third-order valence-electron chi connectivity index (χ3n) is 4.91. The minimum atomic E-state index is -4.80. The number of hydrogen-bond donors (Lipinski definition) is 1. The van der Waals surface area contributed by atoms with Gasteiger partial charge in [-0.1, -0.05) is 23.2 Å². The van der Waals surface area contributed by atoms with Crippen molar-refractivity contribution in [3.63, 3.8) is 0 Å². The molecule has 0 atom stereocenters. The van der Waals surface area contributed by atoms with E-state index < -0.39 is 18.0 Å². The zero-order chi connectivity index (χ0) is 24.5. The van der Waals surface area contributed by atoms with Crippen molar-refractivity contribution in [1.82, 2.24) is 14.9 Å². The fourth-order valence-electron chi connectivity index (χ4n) is 3.39. The number of aromatic nitrogens is 2. The Morgan fingerprint density at radius 2 is 1.71 bits per heavy atom. The van der Waals surface area contributed by atoms with E-state index in [2.05, 4.69) is 20.0 Å². The van der Waals surface area contributed by atoms with Crippen molar-refractivity contribution in [2.75, 3.05) is 11.9 Å². The van der Waals surface area contributed by atoms with Crippen LogP contribution < -0.4 is 10.1 Å². The van der Waals surface area contributed by atoms with Gasteiger partial charge in [0.2, 0.25) is 5.95 Å². The highest BCUT2D eigenvalue weighted by Gasteiger charge is 2.31. The number of anilines is 1. The van der Waals surface area contributed by atoms with E-state index in [-0.39, 0.29) is 29.5 Å². The zero-order valence-corrected chi connectivity index (χ0v) is 18.7. The normalized spacial score (nSPS) is 13.3. The van der Waals surface area contributed by atoms with E-state index in [0.29, 0.717) is 34.3 Å². The predicted octanol–water partition coefficient (Wildman–Crippen LogP) is 5.13. The lowest BCUT2D eigenvalue weighted by Crippen LogP contribution is -2.36. The van der Waals surface area contributed by atoms with Crippen LogP contribution in [-0.2, 0) is 13.0 Å². The Morgan fingerprint density at radius 3 is 2.35 bits per heavy atom. The molecule has 3 aromatic rings. The number of benzene rings is 2. The van der Waals surface area contributed by atoms with Crippen molar-refractivity contribution in [3.05, 3.63) is 81.1 Å². The lowest BCUT2D eigenvalue weighted by atomic mass is 10.1. The molecule has 2 amide bonds. The Labute approximate surface area is 201 Å². The van der Waals surface area contributed by atoms with Crippen LogP contribution in [0.15, 0.2) is 48.7 Å². The first-order valence-corrected chi connectivity index (χ1v) is 10.6. The summed E-state index contributed by atoms with van der Waals surface area (Å²) >= 11 is 11.9. The SMILES string of the molecule is O=C(Nc1ncc2c(n1)CCN(C(=O)c1ccc(OC(F)(F)F)cc1)C2)c1cc(Cl)cc(Cl)c1. The number of halogens is 5. The largest absolute Gasteiger partial charge is 0.573 e. The van der Waals surface area contributed by atoms with Gasteiger partial charge in [0.05, 0.1) is 5.69 Å². The summed E-state index contributed by atoms with van der Waals surface area (Å²) in [6.45, 7) is 0.550. The molecule has 0 radical (unpaired) electrons. The summed E-state index contributed by atoms with van der Waals surface area (Å²) in [5.41, 5.74) is 1.85. The van der Waals surface area contributed by atoms with Crippen LogP contribution in [0.3, 0.4) is 0 Å². The van der Waals surface area contributed by atoms with Gasteiger partial charge in [-0.05, 0) is 42.5 Å². The Bertz CT molecular complexity index is 1230. The second-order valence-electron chi connectivity index (χ2n) is 7.33. The quantitative estimate of drug-likeness (QED) is 0.525. The number of carbonyl (C=O) groups is 2. The van der Waals surface area contributed by atoms with Crippen LogP contribution in [-0.4, -0.2) is 39.6 Å². The summed E-state index contributed by atoms with van der Waals surface area (Å²) in [4.78, 5) is 35.3. The Hall–Kier alpha value is -3.37. The smallest absolute Gasteiger partial charge is 0.406 e. The molecule has 176 valence electrons. The third-order valence-corrected chi connectivity index (χ3v) is 5.34. The molecule has 1 N–H and O–H groups in total. The molecule has 2 aromatic carbocycles. The molecule has 34 heavy (non-hydrogen) atoms. The maximum Gasteiger partial charge on any atom is 0.573 e. The van der Waals surface area contributed by atoms with Gasteiger partial charge in [-0.15, -0.1) is 13.2 Å². The molecular weight excluding hydrogens is 496 g/mol. The highest BCUT2D eigenvalue weighted by Crippen LogP contribution is 2.25. The van der Waals surface area contributed by atoms with Gasteiger partial charge < -0.3 is 9.64 Å². The van der Waals surface area contributed by atoms with Gasteiger partial charge in [-0.3, -0.25) is 14.9 Å². The number of alkyl halides is 3. The molecule has 12 heteroatoms. The summed E-state index contributed by atoms with van der Waals surface area (Å²) in [6, 6.07) is 9.16. The van der Waals surface area contributed by atoms with Crippen LogP contribution in [0, 0.1) is 0 Å². The van der Waals surface area contributed by atoms with E-state index in [9.17, 15) is 22.8 Å². The average molecular weight is 511 g/mol. The molecule has 1 aliphatic rings. The van der Waals surface area contributed by atoms with Crippen LogP contribution >= 0.6 is 23.2 Å². The van der Waals surface area contributed by atoms with E-state index in [0.717, 1.165) is 12.1 Å². The molecule has 7 nitrogen and oxygen atoms in total. The maximum atomic E-state index is 12.8. The third kappa shape index (κ3) is 5.75. The highest BCUT2D eigenvalue weighted by atomic mass is 35.5. The fourth-order valence-corrected chi connectivity index (χ4v) is 3.92. The van der Waals surface area contributed by atoms with Gasteiger partial charge in [-0.2, -0.15) is 0 Å². The van der Waals surface area contributed by atoms with Gasteiger partial charge in [0.25, 0.3) is 11.8 Å². The molecule has 0 unspecified atom stereocenters. The summed E-state index contributed by atoms with van der Waals surface area (Å²) in [6.07, 6.45) is -2.88. The molecule has 0 fully saturated rings. The molecule has 0 spiro atoms. The number of carbonyl (C=O) groups excluding carboxylic acids is 2. The number of fused-ring (bicyclic) bond motifs is 1. The number of hydrogen-bond acceptors (Lipinski definition) is 5. The van der Waals surface area contributed by atoms with E-state index in [1.165, 1.54) is 41.4 Å². The number of ether oxygens (including phenoxy) is 1. The van der Waals surface area contributed by atoms with Gasteiger partial charge in [-0.25, -0.2) is 9.97 Å². The maximum absolute atomic E-state index is 12.8. The van der Waals surface area contributed by atoms with E-state index in [1.54, 1.807) is 0 Å². The minimum Gasteiger partial charge on any atom is -0.406 e. The second-order valence-corrected chi connectivity index (χ2v) is 8.20. The second kappa shape index (κ2) is 9.47. The van der Waals surface area contributed by atoms with Crippen LogP contribution in [0.25, 0.3) is 0 Å². The van der Waals surface area contributed by atoms with Crippen LogP contribution in [0.4, 0.5) is 19.1 Å². The van der Waals surface area contributed by atoms with Crippen molar-refractivity contribution >= 4 is 41.0 Å². The summed E-state index contributed by atoms with van der Waals surface area (Å²) in [5.74, 6) is -1.13. The molecule has 0 aliphatic carbocycles. The van der Waals surface area contributed by atoms with Gasteiger partial charge >= 0.3 is 6.36 Å². The molecule has 0 saturated carbocycles. The molecule has 0 bridgehead atoms. The van der Waals surface area contributed by atoms with Crippen molar-refractivity contribution in [2.24, 2.45) is 0 Å². The van der Waals surface area contributed by atoms with E-state index in [1.807, 2.05) is 0 Å². The lowest BCUT2D eigenvalue weighted by molar-refractivity contribution is -0.274.